The SMILES string of the molecule is O=C(O)C12CCC(C(=O)OI)(CC1)C2. The van der Waals surface area contributed by atoms with Crippen LogP contribution in [0.15, 0.2) is 0 Å². The molecule has 0 aromatic rings. The summed E-state index contributed by atoms with van der Waals surface area (Å²) in [4.78, 5) is 22.6. The monoisotopic (exact) mass is 310 g/mol. The second kappa shape index (κ2) is 3.08. The molecule has 2 aliphatic rings. The van der Waals surface area contributed by atoms with Crippen LogP contribution < -0.4 is 0 Å². The largest absolute Gasteiger partial charge is 0.481 e. The van der Waals surface area contributed by atoms with Crippen molar-refractivity contribution in [3.8, 4) is 0 Å². The first-order chi connectivity index (χ1) is 6.55. The molecule has 0 atom stereocenters. The lowest BCUT2D eigenvalue weighted by Gasteiger charge is -2.22. The summed E-state index contributed by atoms with van der Waals surface area (Å²) >= 11 is 1.58. The Morgan fingerprint density at radius 2 is 1.64 bits per heavy atom. The van der Waals surface area contributed by atoms with Crippen molar-refractivity contribution in [1.29, 1.82) is 0 Å². The molecule has 0 aliphatic heterocycles. The van der Waals surface area contributed by atoms with Crippen LogP contribution in [-0.4, -0.2) is 17.0 Å². The van der Waals surface area contributed by atoms with Gasteiger partial charge in [-0.2, -0.15) is 0 Å². The topological polar surface area (TPSA) is 63.6 Å². The third kappa shape index (κ3) is 1.17. The first-order valence-corrected chi connectivity index (χ1v) is 5.49. The molecule has 0 unspecified atom stereocenters. The Morgan fingerprint density at radius 1 is 1.14 bits per heavy atom. The van der Waals surface area contributed by atoms with Gasteiger partial charge in [-0.25, -0.2) is 0 Å². The van der Waals surface area contributed by atoms with Crippen molar-refractivity contribution in [2.24, 2.45) is 10.8 Å². The van der Waals surface area contributed by atoms with Gasteiger partial charge in [0.15, 0.2) is 23.0 Å². The van der Waals surface area contributed by atoms with Crippen LogP contribution in [0.5, 0.6) is 0 Å². The van der Waals surface area contributed by atoms with Gasteiger partial charge in [0.2, 0.25) is 0 Å². The van der Waals surface area contributed by atoms with Crippen molar-refractivity contribution < 1.29 is 17.8 Å². The number of rotatable bonds is 2. The van der Waals surface area contributed by atoms with E-state index in [-0.39, 0.29) is 5.97 Å². The van der Waals surface area contributed by atoms with Crippen molar-refractivity contribution in [3.05, 3.63) is 0 Å². The van der Waals surface area contributed by atoms with Gasteiger partial charge in [0, 0.05) is 0 Å². The van der Waals surface area contributed by atoms with Gasteiger partial charge in [0.05, 0.1) is 10.8 Å². The summed E-state index contributed by atoms with van der Waals surface area (Å²) in [5.74, 6) is -0.989. The summed E-state index contributed by atoms with van der Waals surface area (Å²) in [6.45, 7) is 0. The normalized spacial score (nSPS) is 39.8. The molecule has 0 aromatic heterocycles. The number of fused-ring (bicyclic) bond motifs is 2. The molecule has 0 radical (unpaired) electrons. The Balaban J connectivity index is 2.24. The van der Waals surface area contributed by atoms with Crippen molar-refractivity contribution in [3.63, 3.8) is 0 Å². The molecule has 14 heavy (non-hydrogen) atoms. The number of carbonyl (C=O) groups excluding carboxylic acids is 1. The molecule has 2 saturated carbocycles. The zero-order chi connectivity index (χ0) is 10.4. The lowest BCUT2D eigenvalue weighted by molar-refractivity contribution is -0.148. The number of carboxylic acid groups (broad SMARTS) is 1. The van der Waals surface area contributed by atoms with E-state index in [4.69, 9.17) is 8.17 Å². The van der Waals surface area contributed by atoms with Crippen LogP contribution in [-0.2, 0) is 12.7 Å². The van der Waals surface area contributed by atoms with E-state index in [0.717, 1.165) is 0 Å². The zero-order valence-electron chi connectivity index (χ0n) is 7.59. The molecule has 0 aromatic carbocycles. The van der Waals surface area contributed by atoms with Crippen molar-refractivity contribution in [2.45, 2.75) is 32.1 Å². The highest BCUT2D eigenvalue weighted by Gasteiger charge is 2.62. The highest BCUT2D eigenvalue weighted by Crippen LogP contribution is 2.62. The molecule has 5 heteroatoms. The second-order valence-corrected chi connectivity index (χ2v) is 4.85. The molecular formula is C9H11IO4. The molecule has 0 amide bonds. The summed E-state index contributed by atoms with van der Waals surface area (Å²) < 4.78 is 4.72. The fraction of sp³-hybridized carbons (Fsp3) is 0.778. The van der Waals surface area contributed by atoms with E-state index in [1.165, 1.54) is 0 Å². The van der Waals surface area contributed by atoms with Crippen LogP contribution in [0, 0.1) is 10.8 Å². The van der Waals surface area contributed by atoms with E-state index < -0.39 is 16.8 Å². The van der Waals surface area contributed by atoms with Gasteiger partial charge in [-0.1, -0.05) is 0 Å². The number of carboxylic acids is 1. The molecule has 0 saturated heterocycles. The van der Waals surface area contributed by atoms with Crippen molar-refractivity contribution in [2.75, 3.05) is 0 Å². The number of halogens is 1. The Bertz CT molecular complexity index is 291. The second-order valence-electron chi connectivity index (χ2n) is 4.41. The quantitative estimate of drug-likeness (QED) is 0.792. The lowest BCUT2D eigenvalue weighted by atomic mass is 9.82. The highest BCUT2D eigenvalue weighted by molar-refractivity contribution is 14.1. The van der Waals surface area contributed by atoms with Crippen molar-refractivity contribution >= 4 is 34.9 Å². The van der Waals surface area contributed by atoms with Crippen LogP contribution in [0.25, 0.3) is 0 Å². The molecule has 2 aliphatic carbocycles. The van der Waals surface area contributed by atoms with Crippen LogP contribution in [0.2, 0.25) is 0 Å². The molecule has 2 bridgehead atoms. The zero-order valence-corrected chi connectivity index (χ0v) is 9.74. The van der Waals surface area contributed by atoms with Gasteiger partial charge in [-0.05, 0) is 32.1 Å². The fourth-order valence-electron chi connectivity index (χ4n) is 2.86. The maximum absolute atomic E-state index is 11.5. The molecule has 2 fully saturated rings. The number of carbonyl (C=O) groups is 2. The summed E-state index contributed by atoms with van der Waals surface area (Å²) in [6.07, 6.45) is 3.04. The molecular weight excluding hydrogens is 299 g/mol. The van der Waals surface area contributed by atoms with Gasteiger partial charge >= 0.3 is 11.9 Å². The Hall–Kier alpha value is -0.330. The average Bonchev–Trinajstić information content (AvgIpc) is 2.74. The minimum Gasteiger partial charge on any atom is -0.481 e. The van der Waals surface area contributed by atoms with Gasteiger partial charge in [-0.15, -0.1) is 0 Å². The van der Waals surface area contributed by atoms with Gasteiger partial charge in [-0.3, -0.25) is 9.59 Å². The molecule has 78 valence electrons. The van der Waals surface area contributed by atoms with E-state index in [2.05, 4.69) is 0 Å². The van der Waals surface area contributed by atoms with Gasteiger partial charge in [0.1, 0.15) is 0 Å². The third-order valence-corrected chi connectivity index (χ3v) is 4.20. The molecule has 4 nitrogen and oxygen atoms in total. The fourth-order valence-corrected chi connectivity index (χ4v) is 3.32. The average molecular weight is 310 g/mol. The number of hydrogen-bond donors (Lipinski definition) is 1. The van der Waals surface area contributed by atoms with E-state index in [1.54, 1.807) is 23.0 Å². The first kappa shape index (κ1) is 10.2. The predicted octanol–water partition coefficient (Wildman–Crippen LogP) is 1.91. The van der Waals surface area contributed by atoms with Gasteiger partial charge < -0.3 is 8.17 Å². The summed E-state index contributed by atoms with van der Waals surface area (Å²) in [6, 6.07) is 0. The van der Waals surface area contributed by atoms with Crippen LogP contribution in [0.1, 0.15) is 32.1 Å². The molecule has 1 N–H and O–H groups in total. The minimum absolute atomic E-state index is 0.237. The summed E-state index contributed by atoms with van der Waals surface area (Å²) in [5, 5.41) is 9.11. The summed E-state index contributed by atoms with van der Waals surface area (Å²) in [5.41, 5.74) is -1.12. The Morgan fingerprint density at radius 3 is 2.00 bits per heavy atom. The third-order valence-electron chi connectivity index (χ3n) is 3.80. The van der Waals surface area contributed by atoms with Gasteiger partial charge in [0.25, 0.3) is 0 Å². The molecule has 0 spiro atoms. The van der Waals surface area contributed by atoms with Crippen LogP contribution in [0.4, 0.5) is 0 Å². The molecule has 2 rings (SSSR count). The Labute approximate surface area is 95.7 Å². The molecule has 0 heterocycles. The maximum atomic E-state index is 11.5. The van der Waals surface area contributed by atoms with Crippen LogP contribution >= 0.6 is 23.0 Å². The van der Waals surface area contributed by atoms with E-state index in [1.807, 2.05) is 0 Å². The highest BCUT2D eigenvalue weighted by atomic mass is 127. The van der Waals surface area contributed by atoms with Crippen LogP contribution in [0.3, 0.4) is 0 Å². The smallest absolute Gasteiger partial charge is 0.321 e. The Kier molecular flexibility index (Phi) is 2.24. The lowest BCUT2D eigenvalue weighted by Crippen LogP contribution is -2.25. The number of aliphatic carboxylic acids is 1. The minimum atomic E-state index is -0.752. The van der Waals surface area contributed by atoms with E-state index >= 15 is 0 Å². The van der Waals surface area contributed by atoms with E-state index in [0.29, 0.717) is 32.1 Å². The maximum Gasteiger partial charge on any atom is 0.321 e. The number of hydrogen-bond acceptors (Lipinski definition) is 3. The first-order valence-electron chi connectivity index (χ1n) is 4.61. The standard InChI is InChI=1S/C9H11IO4/c10-14-7(13)9-3-1-8(5-9,2-4-9)6(11)12/h1-5H2,(H,11,12). The summed E-state index contributed by atoms with van der Waals surface area (Å²) in [7, 11) is 0. The van der Waals surface area contributed by atoms with E-state index in [9.17, 15) is 9.59 Å². The van der Waals surface area contributed by atoms with Crippen molar-refractivity contribution in [1.82, 2.24) is 0 Å². The predicted molar refractivity (Wildman–Crippen MR) is 55.7 cm³/mol.